The van der Waals surface area contributed by atoms with Crippen LogP contribution < -0.4 is 5.32 Å². The maximum absolute atomic E-state index is 12.5. The van der Waals surface area contributed by atoms with Gasteiger partial charge in [-0.15, -0.1) is 6.58 Å². The Morgan fingerprint density at radius 2 is 1.91 bits per heavy atom. The summed E-state index contributed by atoms with van der Waals surface area (Å²) in [4.78, 5) is 60.7. The van der Waals surface area contributed by atoms with Crippen LogP contribution in [0.15, 0.2) is 49.1 Å². The van der Waals surface area contributed by atoms with Gasteiger partial charge in [0.2, 0.25) is 0 Å². The molecule has 1 aliphatic rings. The van der Waals surface area contributed by atoms with Gasteiger partial charge in [-0.25, -0.2) is 4.79 Å². The number of amides is 3. The Bertz CT molecular complexity index is 1180. The number of nitro benzene ring substituents is 1. The number of carbonyl (C=O) groups is 4. The summed E-state index contributed by atoms with van der Waals surface area (Å²) in [5, 5.41) is 13.3. The van der Waals surface area contributed by atoms with Crippen molar-refractivity contribution in [3.63, 3.8) is 0 Å². The number of hydrogen-bond acceptors (Lipinski definition) is 7. The Hall–Kier alpha value is -4.05. The molecule has 0 saturated carbocycles. The molecular weight excluding hydrogens is 442 g/mol. The standard InChI is InChI=1S/C21H16ClN3O7/c1-3-8-24-19(27)14-6-4-12(9-15(14)20(24)28)21(29)32-11(2)18(26)23-17-10-13(25(30)31)5-7-16(17)22/h3-7,9-11H,1,8H2,2H3,(H,23,26)/t11-/m0/s1. The molecule has 0 spiro atoms. The van der Waals surface area contributed by atoms with E-state index in [1.807, 2.05) is 0 Å². The predicted molar refractivity (Wildman–Crippen MR) is 114 cm³/mol. The summed E-state index contributed by atoms with van der Waals surface area (Å²) in [7, 11) is 0. The van der Waals surface area contributed by atoms with E-state index in [0.29, 0.717) is 0 Å². The number of imide groups is 1. The van der Waals surface area contributed by atoms with Crippen molar-refractivity contribution in [1.29, 1.82) is 0 Å². The zero-order valence-electron chi connectivity index (χ0n) is 16.7. The van der Waals surface area contributed by atoms with E-state index in [4.69, 9.17) is 16.3 Å². The molecule has 1 heterocycles. The Kier molecular flexibility index (Phi) is 6.35. The Morgan fingerprint density at radius 3 is 2.56 bits per heavy atom. The van der Waals surface area contributed by atoms with Gasteiger partial charge in [-0.05, 0) is 31.2 Å². The van der Waals surface area contributed by atoms with Crippen molar-refractivity contribution in [1.82, 2.24) is 4.90 Å². The number of benzene rings is 2. The fourth-order valence-corrected chi connectivity index (χ4v) is 3.12. The largest absolute Gasteiger partial charge is 0.449 e. The molecule has 10 nitrogen and oxygen atoms in total. The van der Waals surface area contributed by atoms with Gasteiger partial charge in [-0.3, -0.25) is 29.4 Å². The number of fused-ring (bicyclic) bond motifs is 1. The molecule has 2 aromatic carbocycles. The monoisotopic (exact) mass is 457 g/mol. The number of nitro groups is 1. The van der Waals surface area contributed by atoms with E-state index >= 15 is 0 Å². The maximum atomic E-state index is 12.5. The molecule has 0 aliphatic carbocycles. The van der Waals surface area contributed by atoms with Gasteiger partial charge in [0, 0.05) is 18.7 Å². The number of rotatable bonds is 7. The smallest absolute Gasteiger partial charge is 0.338 e. The van der Waals surface area contributed by atoms with Gasteiger partial charge in [0.25, 0.3) is 23.4 Å². The van der Waals surface area contributed by atoms with E-state index in [-0.39, 0.29) is 39.6 Å². The summed E-state index contributed by atoms with van der Waals surface area (Å²) in [5.74, 6) is -2.73. The number of nitrogens with zero attached hydrogens (tertiary/aromatic N) is 2. The van der Waals surface area contributed by atoms with Gasteiger partial charge in [0.05, 0.1) is 32.3 Å². The average Bonchev–Trinajstić information content (AvgIpc) is 2.99. The van der Waals surface area contributed by atoms with Crippen LogP contribution in [0.4, 0.5) is 11.4 Å². The number of halogens is 1. The van der Waals surface area contributed by atoms with E-state index in [0.717, 1.165) is 11.0 Å². The van der Waals surface area contributed by atoms with Crippen molar-refractivity contribution in [2.75, 3.05) is 11.9 Å². The van der Waals surface area contributed by atoms with Crippen LogP contribution in [0.1, 0.15) is 38.0 Å². The van der Waals surface area contributed by atoms with Gasteiger partial charge in [0.15, 0.2) is 6.10 Å². The molecule has 3 rings (SSSR count). The lowest BCUT2D eigenvalue weighted by atomic mass is 10.1. The number of carbonyl (C=O) groups excluding carboxylic acids is 4. The predicted octanol–water partition coefficient (Wildman–Crippen LogP) is 3.21. The first-order valence-electron chi connectivity index (χ1n) is 9.21. The lowest BCUT2D eigenvalue weighted by Crippen LogP contribution is -2.30. The van der Waals surface area contributed by atoms with Crippen molar-refractivity contribution < 1.29 is 28.8 Å². The molecule has 2 aromatic rings. The van der Waals surface area contributed by atoms with E-state index in [2.05, 4.69) is 11.9 Å². The summed E-state index contributed by atoms with van der Waals surface area (Å²) in [6, 6.07) is 7.38. The van der Waals surface area contributed by atoms with Crippen molar-refractivity contribution in [2.24, 2.45) is 0 Å². The molecule has 32 heavy (non-hydrogen) atoms. The van der Waals surface area contributed by atoms with Crippen molar-refractivity contribution in [3.05, 3.63) is 80.9 Å². The first kappa shape index (κ1) is 22.6. The summed E-state index contributed by atoms with van der Waals surface area (Å²) < 4.78 is 5.13. The number of non-ortho nitro benzene ring substituents is 1. The van der Waals surface area contributed by atoms with Gasteiger partial charge < -0.3 is 10.1 Å². The van der Waals surface area contributed by atoms with Crippen LogP contribution in [0.3, 0.4) is 0 Å². The van der Waals surface area contributed by atoms with Gasteiger partial charge in [0.1, 0.15) is 0 Å². The molecule has 0 radical (unpaired) electrons. The van der Waals surface area contributed by atoms with Crippen LogP contribution in [-0.2, 0) is 9.53 Å². The third-order valence-corrected chi connectivity index (χ3v) is 4.92. The second kappa shape index (κ2) is 8.98. The highest BCUT2D eigenvalue weighted by Gasteiger charge is 2.35. The zero-order valence-corrected chi connectivity index (χ0v) is 17.4. The lowest BCUT2D eigenvalue weighted by Gasteiger charge is -2.14. The van der Waals surface area contributed by atoms with Crippen molar-refractivity contribution in [3.8, 4) is 0 Å². The summed E-state index contributed by atoms with van der Waals surface area (Å²) in [6.07, 6.45) is 0.116. The summed E-state index contributed by atoms with van der Waals surface area (Å²) in [5.41, 5.74) is -0.125. The number of nitrogens with one attached hydrogen (secondary N) is 1. The molecule has 0 saturated heterocycles. The SMILES string of the molecule is C=CCN1C(=O)c2ccc(C(=O)O[C@@H](C)C(=O)Nc3cc([N+](=O)[O-])ccc3Cl)cc2C1=O. The molecule has 11 heteroatoms. The molecule has 1 N–H and O–H groups in total. The molecule has 0 unspecified atom stereocenters. The second-order valence-corrected chi connectivity index (χ2v) is 7.14. The van der Waals surface area contributed by atoms with Crippen LogP contribution in [-0.4, -0.2) is 46.2 Å². The van der Waals surface area contributed by atoms with Crippen LogP contribution in [0.25, 0.3) is 0 Å². The number of anilines is 1. The number of ether oxygens (including phenoxy) is 1. The minimum Gasteiger partial charge on any atom is -0.449 e. The van der Waals surface area contributed by atoms with Crippen LogP contribution in [0.5, 0.6) is 0 Å². The highest BCUT2D eigenvalue weighted by molar-refractivity contribution is 6.33. The fraction of sp³-hybridized carbons (Fsp3) is 0.143. The molecular formula is C21H16ClN3O7. The van der Waals surface area contributed by atoms with E-state index < -0.39 is 34.7 Å². The average molecular weight is 458 g/mol. The minimum absolute atomic E-state index is 0.0160. The molecule has 1 aliphatic heterocycles. The summed E-state index contributed by atoms with van der Waals surface area (Å²) in [6.45, 7) is 4.83. The molecule has 1 atom stereocenters. The summed E-state index contributed by atoms with van der Waals surface area (Å²) >= 11 is 5.95. The topological polar surface area (TPSA) is 136 Å². The van der Waals surface area contributed by atoms with Gasteiger partial charge in [-0.2, -0.15) is 0 Å². The normalized spacial score (nSPS) is 13.4. The number of esters is 1. The van der Waals surface area contributed by atoms with E-state index in [1.165, 1.54) is 43.3 Å². The Morgan fingerprint density at radius 1 is 1.22 bits per heavy atom. The molecule has 0 aromatic heterocycles. The quantitative estimate of drug-likeness (QED) is 0.221. The van der Waals surface area contributed by atoms with E-state index in [1.54, 1.807) is 0 Å². The van der Waals surface area contributed by atoms with E-state index in [9.17, 15) is 29.3 Å². The minimum atomic E-state index is -1.29. The van der Waals surface area contributed by atoms with Crippen LogP contribution in [0.2, 0.25) is 5.02 Å². The Labute approximate surface area is 186 Å². The first-order chi connectivity index (χ1) is 15.1. The maximum Gasteiger partial charge on any atom is 0.338 e. The van der Waals surface area contributed by atoms with Crippen molar-refractivity contribution in [2.45, 2.75) is 13.0 Å². The third-order valence-electron chi connectivity index (χ3n) is 4.59. The van der Waals surface area contributed by atoms with Crippen LogP contribution in [0, 0.1) is 10.1 Å². The second-order valence-electron chi connectivity index (χ2n) is 6.73. The molecule has 164 valence electrons. The molecule has 3 amide bonds. The Balaban J connectivity index is 1.72. The first-order valence-corrected chi connectivity index (χ1v) is 9.58. The van der Waals surface area contributed by atoms with Gasteiger partial charge in [-0.1, -0.05) is 17.7 Å². The number of hydrogen-bond donors (Lipinski definition) is 1. The fourth-order valence-electron chi connectivity index (χ4n) is 2.95. The third kappa shape index (κ3) is 4.35. The molecule has 0 bridgehead atoms. The van der Waals surface area contributed by atoms with Crippen molar-refractivity contribution >= 4 is 46.7 Å². The lowest BCUT2D eigenvalue weighted by molar-refractivity contribution is -0.384. The van der Waals surface area contributed by atoms with Gasteiger partial charge >= 0.3 is 5.97 Å². The zero-order chi connectivity index (χ0) is 23.6. The highest BCUT2D eigenvalue weighted by Crippen LogP contribution is 2.27. The highest BCUT2D eigenvalue weighted by atomic mass is 35.5. The molecule has 0 fully saturated rings. The van der Waals surface area contributed by atoms with Crippen LogP contribution >= 0.6 is 11.6 Å².